The second-order valence-electron chi connectivity index (χ2n) is 10.7. The van der Waals surface area contributed by atoms with Crippen LogP contribution in [-0.2, 0) is 0 Å². The second-order valence-corrected chi connectivity index (χ2v) is 10.7. The summed E-state index contributed by atoms with van der Waals surface area (Å²) in [7, 11) is 0. The molecule has 42 heavy (non-hydrogen) atoms. The van der Waals surface area contributed by atoms with Gasteiger partial charge in [0, 0.05) is 29.7 Å². The molecule has 0 aliphatic carbocycles. The third-order valence-electron chi connectivity index (χ3n) is 8.18. The van der Waals surface area contributed by atoms with Crippen LogP contribution in [0, 0.1) is 0 Å². The zero-order valence-electron chi connectivity index (χ0n) is 22.9. The van der Waals surface area contributed by atoms with Gasteiger partial charge >= 0.3 is 0 Å². The fourth-order valence-corrected chi connectivity index (χ4v) is 6.23. The van der Waals surface area contributed by atoms with Gasteiger partial charge in [0.1, 0.15) is 0 Å². The van der Waals surface area contributed by atoms with Gasteiger partial charge in [-0.05, 0) is 103 Å². The van der Waals surface area contributed by atoms with Crippen LogP contribution < -0.4 is 0 Å². The zero-order chi connectivity index (χ0) is 27.9. The number of hydrogen-bond donors (Lipinski definition) is 0. The molecule has 0 spiro atoms. The van der Waals surface area contributed by atoms with Crippen LogP contribution in [0.4, 0.5) is 0 Å². The van der Waals surface area contributed by atoms with Crippen LogP contribution in [0.25, 0.3) is 77.0 Å². The number of benzene rings is 6. The first kappa shape index (κ1) is 24.2. The Kier molecular flexibility index (Phi) is 5.82. The fraction of sp³-hybridized carbons (Fsp3) is 0. The Balaban J connectivity index is 1.36. The Bertz CT molecular complexity index is 2140. The average Bonchev–Trinajstić information content (AvgIpc) is 3.09. The standard InChI is InChI=1S/C40H26N2/c1-2-12-33(30-22-29(28-10-9-20-41-26-28)23-31(24-30)40-17-7-8-21-42-40)32(11-1)27-18-19-38-36-15-4-3-13-34(36)35-14-5-6-16-37(35)39(38)25-27/h1-26H. The SMILES string of the molecule is c1ccc(-c2cc(-c3cccnc3)cc(-c3ccccc3-c3ccc4c5ccccc5c5ccccc5c4c3)c2)nc1. The molecule has 2 heterocycles. The topological polar surface area (TPSA) is 25.8 Å². The van der Waals surface area contributed by atoms with E-state index in [0.717, 1.165) is 27.9 Å². The Labute approximate surface area is 244 Å². The van der Waals surface area contributed by atoms with Crippen molar-refractivity contribution in [2.75, 3.05) is 0 Å². The van der Waals surface area contributed by atoms with Gasteiger partial charge in [-0.2, -0.15) is 0 Å². The molecule has 0 bridgehead atoms. The summed E-state index contributed by atoms with van der Waals surface area (Å²) in [4.78, 5) is 9.06. The van der Waals surface area contributed by atoms with Crippen molar-refractivity contribution < 1.29 is 0 Å². The van der Waals surface area contributed by atoms with Gasteiger partial charge in [0.05, 0.1) is 5.69 Å². The molecule has 0 aliphatic rings. The lowest BCUT2D eigenvalue weighted by Crippen LogP contribution is -1.91. The van der Waals surface area contributed by atoms with E-state index in [-0.39, 0.29) is 0 Å². The van der Waals surface area contributed by atoms with Crippen LogP contribution in [0.2, 0.25) is 0 Å². The molecular formula is C40H26N2. The molecule has 0 atom stereocenters. The van der Waals surface area contributed by atoms with E-state index in [1.165, 1.54) is 49.0 Å². The predicted octanol–water partition coefficient (Wildman–Crippen LogP) is 10.6. The number of aromatic nitrogens is 2. The summed E-state index contributed by atoms with van der Waals surface area (Å²) in [6, 6.07) is 50.0. The van der Waals surface area contributed by atoms with E-state index in [9.17, 15) is 0 Å². The maximum absolute atomic E-state index is 4.67. The number of rotatable bonds is 4. The molecule has 8 aromatic rings. The molecule has 0 N–H and O–H groups in total. The summed E-state index contributed by atoms with van der Waals surface area (Å²) in [5.41, 5.74) is 8.96. The van der Waals surface area contributed by atoms with Crippen LogP contribution in [0.15, 0.2) is 158 Å². The molecule has 6 aromatic carbocycles. The number of nitrogens with zero attached hydrogens (tertiary/aromatic N) is 2. The highest BCUT2D eigenvalue weighted by molar-refractivity contribution is 6.25. The minimum absolute atomic E-state index is 0.950. The van der Waals surface area contributed by atoms with E-state index >= 15 is 0 Å². The van der Waals surface area contributed by atoms with Crippen molar-refractivity contribution >= 4 is 32.3 Å². The molecule has 8 rings (SSSR count). The monoisotopic (exact) mass is 534 g/mol. The van der Waals surface area contributed by atoms with Gasteiger partial charge in [-0.25, -0.2) is 0 Å². The molecule has 0 saturated carbocycles. The molecule has 0 unspecified atom stereocenters. The van der Waals surface area contributed by atoms with Crippen LogP contribution in [0.1, 0.15) is 0 Å². The first-order valence-electron chi connectivity index (χ1n) is 14.2. The van der Waals surface area contributed by atoms with E-state index in [1.807, 2.05) is 36.8 Å². The van der Waals surface area contributed by atoms with Crippen LogP contribution in [-0.4, -0.2) is 9.97 Å². The van der Waals surface area contributed by atoms with E-state index < -0.39 is 0 Å². The van der Waals surface area contributed by atoms with E-state index in [4.69, 9.17) is 0 Å². The predicted molar refractivity (Wildman–Crippen MR) is 176 cm³/mol. The molecule has 0 radical (unpaired) electrons. The third kappa shape index (κ3) is 4.13. The Morgan fingerprint density at radius 3 is 1.60 bits per heavy atom. The van der Waals surface area contributed by atoms with Crippen LogP contribution in [0.3, 0.4) is 0 Å². The molecule has 2 aromatic heterocycles. The molecule has 0 aliphatic heterocycles. The van der Waals surface area contributed by atoms with Crippen molar-refractivity contribution in [3.8, 4) is 44.6 Å². The highest BCUT2D eigenvalue weighted by Gasteiger charge is 2.14. The summed E-state index contributed by atoms with van der Waals surface area (Å²) in [5.74, 6) is 0. The second kappa shape index (κ2) is 10.1. The Morgan fingerprint density at radius 1 is 0.333 bits per heavy atom. The summed E-state index contributed by atoms with van der Waals surface area (Å²) in [5, 5.41) is 7.70. The lowest BCUT2D eigenvalue weighted by atomic mass is 9.88. The normalized spacial score (nSPS) is 11.3. The first-order valence-corrected chi connectivity index (χ1v) is 14.2. The highest BCUT2D eigenvalue weighted by atomic mass is 14.7. The van der Waals surface area contributed by atoms with E-state index in [1.54, 1.807) is 0 Å². The van der Waals surface area contributed by atoms with Crippen molar-refractivity contribution in [3.63, 3.8) is 0 Å². The van der Waals surface area contributed by atoms with Crippen molar-refractivity contribution in [3.05, 3.63) is 158 Å². The average molecular weight is 535 g/mol. The zero-order valence-corrected chi connectivity index (χ0v) is 22.9. The van der Waals surface area contributed by atoms with E-state index in [0.29, 0.717) is 0 Å². The summed E-state index contributed by atoms with van der Waals surface area (Å²) in [6.07, 6.45) is 5.59. The number of hydrogen-bond acceptors (Lipinski definition) is 2. The molecule has 0 saturated heterocycles. The summed E-state index contributed by atoms with van der Waals surface area (Å²) in [6.45, 7) is 0. The minimum atomic E-state index is 0.950. The van der Waals surface area contributed by atoms with Gasteiger partial charge < -0.3 is 0 Å². The van der Waals surface area contributed by atoms with Gasteiger partial charge in [0.2, 0.25) is 0 Å². The maximum atomic E-state index is 4.67. The lowest BCUT2D eigenvalue weighted by Gasteiger charge is -2.16. The molecule has 0 amide bonds. The van der Waals surface area contributed by atoms with Crippen LogP contribution >= 0.6 is 0 Å². The lowest BCUT2D eigenvalue weighted by molar-refractivity contribution is 1.32. The fourth-order valence-electron chi connectivity index (χ4n) is 6.23. The molecule has 196 valence electrons. The van der Waals surface area contributed by atoms with Gasteiger partial charge in [0.25, 0.3) is 0 Å². The van der Waals surface area contributed by atoms with Crippen LogP contribution in [0.5, 0.6) is 0 Å². The quantitative estimate of drug-likeness (QED) is 0.210. The number of pyridine rings is 2. The molecular weight excluding hydrogens is 508 g/mol. The Morgan fingerprint density at radius 2 is 0.929 bits per heavy atom. The molecule has 2 heteroatoms. The van der Waals surface area contributed by atoms with Gasteiger partial charge in [-0.1, -0.05) is 97.1 Å². The minimum Gasteiger partial charge on any atom is -0.264 e. The third-order valence-corrected chi connectivity index (χ3v) is 8.18. The molecule has 0 fully saturated rings. The smallest absolute Gasteiger partial charge is 0.0702 e. The van der Waals surface area contributed by atoms with Gasteiger partial charge in [-0.15, -0.1) is 0 Å². The Hall–Kier alpha value is -5.60. The first-order chi connectivity index (χ1) is 20.8. The summed E-state index contributed by atoms with van der Waals surface area (Å²) >= 11 is 0. The largest absolute Gasteiger partial charge is 0.264 e. The highest BCUT2D eigenvalue weighted by Crippen LogP contribution is 2.40. The molecule has 2 nitrogen and oxygen atoms in total. The van der Waals surface area contributed by atoms with Gasteiger partial charge in [0.15, 0.2) is 0 Å². The van der Waals surface area contributed by atoms with Crippen molar-refractivity contribution in [2.45, 2.75) is 0 Å². The maximum Gasteiger partial charge on any atom is 0.0702 e. The van der Waals surface area contributed by atoms with Crippen molar-refractivity contribution in [2.24, 2.45) is 0 Å². The van der Waals surface area contributed by atoms with E-state index in [2.05, 4.69) is 131 Å². The van der Waals surface area contributed by atoms with Crippen molar-refractivity contribution in [1.29, 1.82) is 0 Å². The van der Waals surface area contributed by atoms with Gasteiger partial charge in [-0.3, -0.25) is 9.97 Å². The summed E-state index contributed by atoms with van der Waals surface area (Å²) < 4.78 is 0. The van der Waals surface area contributed by atoms with Crippen molar-refractivity contribution in [1.82, 2.24) is 9.97 Å². The number of fused-ring (bicyclic) bond motifs is 6.